The number of ether oxygens (including phenoxy) is 1. The monoisotopic (exact) mass is 286 g/mol. The van der Waals surface area contributed by atoms with Gasteiger partial charge in [-0.2, -0.15) is 0 Å². The Hall–Kier alpha value is -0.740. The maximum Gasteiger partial charge on any atom is 0.169 e. The van der Waals surface area contributed by atoms with Gasteiger partial charge in [0, 0.05) is 23.6 Å². The Morgan fingerprint density at radius 2 is 2.06 bits per heavy atom. The van der Waals surface area contributed by atoms with E-state index in [0.29, 0.717) is 26.1 Å². The lowest BCUT2D eigenvalue weighted by Crippen LogP contribution is -2.24. The molecule has 1 fully saturated rings. The molecule has 1 heterocycles. The van der Waals surface area contributed by atoms with Gasteiger partial charge in [-0.05, 0) is 31.0 Å². The number of hydrogen-bond donors (Lipinski definition) is 0. The number of carbonyl (C=O) groups is 1. The highest BCUT2D eigenvalue weighted by Crippen LogP contribution is 2.23. The van der Waals surface area contributed by atoms with Gasteiger partial charge in [0.2, 0.25) is 0 Å². The molecule has 1 saturated heterocycles. The van der Waals surface area contributed by atoms with E-state index in [4.69, 9.17) is 4.74 Å². The van der Waals surface area contributed by atoms with Crippen molar-refractivity contribution < 1.29 is 13.9 Å². The number of halogens is 2. The van der Waals surface area contributed by atoms with Gasteiger partial charge in [0.05, 0.1) is 5.56 Å². The van der Waals surface area contributed by atoms with Gasteiger partial charge >= 0.3 is 0 Å². The maximum atomic E-state index is 13.5. The average Bonchev–Trinajstić information content (AvgIpc) is 2.32. The Kier molecular flexibility index (Phi) is 3.71. The zero-order valence-corrected chi connectivity index (χ0v) is 10.3. The molecule has 86 valence electrons. The molecule has 0 saturated carbocycles. The lowest BCUT2D eigenvalue weighted by molar-refractivity contribution is 0.0542. The first-order valence-electron chi connectivity index (χ1n) is 5.25. The third kappa shape index (κ3) is 2.50. The number of hydrogen-bond acceptors (Lipinski definition) is 2. The molecule has 0 atom stereocenters. The molecule has 4 heteroatoms. The van der Waals surface area contributed by atoms with Crippen molar-refractivity contribution in [3.63, 3.8) is 0 Å². The summed E-state index contributed by atoms with van der Waals surface area (Å²) >= 11 is 3.25. The van der Waals surface area contributed by atoms with E-state index in [2.05, 4.69) is 15.9 Å². The van der Waals surface area contributed by atoms with Crippen LogP contribution in [0.25, 0.3) is 0 Å². The van der Waals surface area contributed by atoms with E-state index in [1.54, 1.807) is 12.1 Å². The van der Waals surface area contributed by atoms with Crippen molar-refractivity contribution in [3.05, 3.63) is 34.1 Å². The van der Waals surface area contributed by atoms with Crippen LogP contribution in [0.4, 0.5) is 4.39 Å². The minimum absolute atomic E-state index is 0.0995. The number of carbonyl (C=O) groups excluding carboxylic acids is 1. The second-order valence-electron chi connectivity index (χ2n) is 3.88. The van der Waals surface area contributed by atoms with Gasteiger partial charge in [-0.25, -0.2) is 4.39 Å². The van der Waals surface area contributed by atoms with E-state index in [1.807, 2.05) is 0 Å². The highest BCUT2D eigenvalue weighted by Gasteiger charge is 2.24. The summed E-state index contributed by atoms with van der Waals surface area (Å²) in [7, 11) is 0. The van der Waals surface area contributed by atoms with E-state index < -0.39 is 5.82 Å². The zero-order valence-electron chi connectivity index (χ0n) is 8.71. The van der Waals surface area contributed by atoms with Crippen molar-refractivity contribution in [2.45, 2.75) is 12.8 Å². The Morgan fingerprint density at radius 3 is 2.75 bits per heavy atom. The third-order valence-electron chi connectivity index (χ3n) is 2.79. The molecule has 1 aliphatic rings. The molecule has 0 spiro atoms. The van der Waals surface area contributed by atoms with Crippen molar-refractivity contribution in [2.24, 2.45) is 5.92 Å². The summed E-state index contributed by atoms with van der Waals surface area (Å²) in [5.74, 6) is -0.653. The molecular weight excluding hydrogens is 275 g/mol. The molecule has 2 nitrogen and oxygen atoms in total. The first-order valence-corrected chi connectivity index (χ1v) is 6.05. The normalized spacial score (nSPS) is 17.4. The van der Waals surface area contributed by atoms with Crippen molar-refractivity contribution in [1.82, 2.24) is 0 Å². The number of Topliss-reactive ketones (excluding diaryl/α,β-unsaturated/α-hetero) is 1. The van der Waals surface area contributed by atoms with Crippen molar-refractivity contribution in [2.75, 3.05) is 13.2 Å². The van der Waals surface area contributed by atoms with Gasteiger partial charge in [-0.3, -0.25) is 4.79 Å². The van der Waals surface area contributed by atoms with Crippen LogP contribution in [0.3, 0.4) is 0 Å². The summed E-state index contributed by atoms with van der Waals surface area (Å²) in [5.41, 5.74) is 0.182. The summed E-state index contributed by atoms with van der Waals surface area (Å²) in [5, 5.41) is 0. The minimum Gasteiger partial charge on any atom is -0.381 e. The van der Waals surface area contributed by atoms with Gasteiger partial charge in [-0.1, -0.05) is 15.9 Å². The number of benzene rings is 1. The Balaban J connectivity index is 2.22. The molecule has 2 rings (SSSR count). The van der Waals surface area contributed by atoms with E-state index in [0.717, 1.165) is 4.47 Å². The van der Waals surface area contributed by atoms with Gasteiger partial charge in [-0.15, -0.1) is 0 Å². The van der Waals surface area contributed by atoms with Crippen LogP contribution < -0.4 is 0 Å². The van der Waals surface area contributed by atoms with Crippen LogP contribution in [-0.2, 0) is 4.74 Å². The molecule has 0 bridgehead atoms. The lowest BCUT2D eigenvalue weighted by Gasteiger charge is -2.21. The lowest BCUT2D eigenvalue weighted by atomic mass is 9.91. The fraction of sp³-hybridized carbons (Fsp3) is 0.417. The summed E-state index contributed by atoms with van der Waals surface area (Å²) in [6, 6.07) is 4.46. The van der Waals surface area contributed by atoms with Crippen LogP contribution >= 0.6 is 15.9 Å². The van der Waals surface area contributed by atoms with Crippen molar-refractivity contribution >= 4 is 21.7 Å². The SMILES string of the molecule is O=C(c1cc(Br)ccc1F)C1CCOCC1. The molecule has 0 radical (unpaired) electrons. The van der Waals surface area contributed by atoms with Gasteiger partial charge in [0.25, 0.3) is 0 Å². The quantitative estimate of drug-likeness (QED) is 0.781. The Labute approximate surface area is 102 Å². The highest BCUT2D eigenvalue weighted by atomic mass is 79.9. The van der Waals surface area contributed by atoms with Gasteiger partial charge in [0.15, 0.2) is 5.78 Å². The van der Waals surface area contributed by atoms with Gasteiger partial charge in [0.1, 0.15) is 5.82 Å². The molecule has 1 aromatic rings. The highest BCUT2D eigenvalue weighted by molar-refractivity contribution is 9.10. The van der Waals surface area contributed by atoms with Gasteiger partial charge < -0.3 is 4.74 Å². The first-order chi connectivity index (χ1) is 7.68. The number of rotatable bonds is 2. The molecule has 0 aliphatic carbocycles. The molecule has 0 N–H and O–H groups in total. The zero-order chi connectivity index (χ0) is 11.5. The van der Waals surface area contributed by atoms with E-state index in [1.165, 1.54) is 6.07 Å². The molecule has 1 aliphatic heterocycles. The average molecular weight is 287 g/mol. The molecule has 0 amide bonds. The molecular formula is C12H12BrFO2. The fourth-order valence-electron chi connectivity index (χ4n) is 1.87. The fourth-order valence-corrected chi connectivity index (χ4v) is 2.23. The largest absolute Gasteiger partial charge is 0.381 e. The number of ketones is 1. The van der Waals surface area contributed by atoms with Crippen LogP contribution in [0.1, 0.15) is 23.2 Å². The summed E-state index contributed by atoms with van der Waals surface area (Å²) in [4.78, 5) is 12.1. The standard InChI is InChI=1S/C12H12BrFO2/c13-9-1-2-11(14)10(7-9)12(15)8-3-5-16-6-4-8/h1-2,7-8H,3-6H2. The van der Waals surface area contributed by atoms with Crippen LogP contribution in [0.15, 0.2) is 22.7 Å². The second kappa shape index (κ2) is 5.06. The van der Waals surface area contributed by atoms with Crippen LogP contribution in [-0.4, -0.2) is 19.0 Å². The topological polar surface area (TPSA) is 26.3 Å². The predicted molar refractivity (Wildman–Crippen MR) is 62.0 cm³/mol. The summed E-state index contributed by atoms with van der Waals surface area (Å²) in [6.45, 7) is 1.18. The minimum atomic E-state index is -0.445. The van der Waals surface area contributed by atoms with E-state index in [-0.39, 0.29) is 17.3 Å². The second-order valence-corrected chi connectivity index (χ2v) is 4.79. The Morgan fingerprint density at radius 1 is 1.38 bits per heavy atom. The van der Waals surface area contributed by atoms with Crippen LogP contribution in [0, 0.1) is 11.7 Å². The molecule has 0 unspecified atom stereocenters. The van der Waals surface area contributed by atoms with Crippen molar-refractivity contribution in [3.8, 4) is 0 Å². The maximum absolute atomic E-state index is 13.5. The van der Waals surface area contributed by atoms with Crippen molar-refractivity contribution in [1.29, 1.82) is 0 Å². The van der Waals surface area contributed by atoms with E-state index in [9.17, 15) is 9.18 Å². The van der Waals surface area contributed by atoms with E-state index >= 15 is 0 Å². The predicted octanol–water partition coefficient (Wildman–Crippen LogP) is 3.20. The Bertz CT molecular complexity index is 400. The molecule has 16 heavy (non-hydrogen) atoms. The first kappa shape index (κ1) is 11.7. The molecule has 0 aromatic heterocycles. The summed E-state index contributed by atoms with van der Waals surface area (Å²) in [6.07, 6.45) is 1.37. The third-order valence-corrected chi connectivity index (χ3v) is 3.28. The summed E-state index contributed by atoms with van der Waals surface area (Å²) < 4.78 is 19.4. The smallest absolute Gasteiger partial charge is 0.169 e. The van der Waals surface area contributed by atoms with Crippen LogP contribution in [0.5, 0.6) is 0 Å². The molecule has 1 aromatic carbocycles. The van der Waals surface area contributed by atoms with Crippen LogP contribution in [0.2, 0.25) is 0 Å².